The van der Waals surface area contributed by atoms with Gasteiger partial charge >= 0.3 is 0 Å². The van der Waals surface area contributed by atoms with Gasteiger partial charge in [0, 0.05) is 25.6 Å². The summed E-state index contributed by atoms with van der Waals surface area (Å²) in [6, 6.07) is 0.400. The van der Waals surface area contributed by atoms with E-state index in [4.69, 9.17) is 16.3 Å². The maximum absolute atomic E-state index is 6.44. The topological polar surface area (TPSA) is 39.1 Å². The van der Waals surface area contributed by atoms with Crippen molar-refractivity contribution in [2.75, 3.05) is 13.2 Å². The third kappa shape index (κ3) is 4.44. The van der Waals surface area contributed by atoms with Gasteiger partial charge < -0.3 is 10.1 Å². The van der Waals surface area contributed by atoms with E-state index in [1.807, 2.05) is 11.6 Å². The number of aryl methyl sites for hydroxylation is 2. The summed E-state index contributed by atoms with van der Waals surface area (Å²) in [5.41, 5.74) is 2.08. The molecule has 1 saturated heterocycles. The summed E-state index contributed by atoms with van der Waals surface area (Å²) in [6.45, 7) is 8.98. The van der Waals surface area contributed by atoms with Crippen LogP contribution in [0, 0.1) is 6.92 Å². The molecule has 0 spiro atoms. The molecule has 2 heterocycles. The van der Waals surface area contributed by atoms with Crippen molar-refractivity contribution in [1.82, 2.24) is 15.1 Å². The average Bonchev–Trinajstić information content (AvgIpc) is 2.76. The fourth-order valence-electron chi connectivity index (χ4n) is 3.14. The molecular weight excluding hydrogens is 286 g/mol. The molecule has 1 fully saturated rings. The van der Waals surface area contributed by atoms with Crippen LogP contribution in [0.3, 0.4) is 0 Å². The van der Waals surface area contributed by atoms with Crippen LogP contribution < -0.4 is 5.32 Å². The fraction of sp³-hybridized carbons (Fsp3) is 0.812. The van der Waals surface area contributed by atoms with Gasteiger partial charge in [-0.1, -0.05) is 18.5 Å². The highest BCUT2D eigenvalue weighted by atomic mass is 35.5. The molecule has 21 heavy (non-hydrogen) atoms. The Morgan fingerprint density at radius 2 is 2.24 bits per heavy atom. The van der Waals surface area contributed by atoms with Crippen LogP contribution in [0.4, 0.5) is 0 Å². The molecule has 0 radical (unpaired) electrons. The molecule has 1 aromatic rings. The Labute approximate surface area is 133 Å². The summed E-state index contributed by atoms with van der Waals surface area (Å²) in [6.07, 6.45) is 6.04. The number of rotatable bonds is 7. The Balaban J connectivity index is 2.04. The monoisotopic (exact) mass is 313 g/mol. The quantitative estimate of drug-likeness (QED) is 0.839. The predicted molar refractivity (Wildman–Crippen MR) is 87.0 cm³/mol. The van der Waals surface area contributed by atoms with Crippen molar-refractivity contribution in [3.63, 3.8) is 0 Å². The number of aromatic nitrogens is 2. The van der Waals surface area contributed by atoms with Gasteiger partial charge in [0.15, 0.2) is 0 Å². The normalized spacial score (nSPS) is 20.7. The molecule has 1 aliphatic rings. The summed E-state index contributed by atoms with van der Waals surface area (Å²) >= 11 is 6.44. The molecule has 2 atom stereocenters. The van der Waals surface area contributed by atoms with Gasteiger partial charge in [-0.25, -0.2) is 0 Å². The number of ether oxygens (including phenoxy) is 1. The van der Waals surface area contributed by atoms with E-state index in [2.05, 4.69) is 24.3 Å². The van der Waals surface area contributed by atoms with E-state index in [1.54, 1.807) is 0 Å². The van der Waals surface area contributed by atoms with E-state index in [1.165, 1.54) is 19.3 Å². The first-order chi connectivity index (χ1) is 10.2. The Hall–Kier alpha value is -0.580. The van der Waals surface area contributed by atoms with E-state index >= 15 is 0 Å². The second kappa shape index (κ2) is 8.16. The van der Waals surface area contributed by atoms with E-state index in [-0.39, 0.29) is 0 Å². The van der Waals surface area contributed by atoms with Crippen LogP contribution in [0.1, 0.15) is 50.9 Å². The first-order valence-corrected chi connectivity index (χ1v) is 8.60. The molecule has 1 aliphatic heterocycles. The van der Waals surface area contributed by atoms with Crippen molar-refractivity contribution in [2.24, 2.45) is 0 Å². The smallest absolute Gasteiger partial charge is 0.0847 e. The van der Waals surface area contributed by atoms with Gasteiger partial charge in [-0.15, -0.1) is 0 Å². The minimum atomic E-state index is 0.390. The summed E-state index contributed by atoms with van der Waals surface area (Å²) in [5, 5.41) is 8.92. The van der Waals surface area contributed by atoms with Crippen LogP contribution in [0.15, 0.2) is 0 Å². The molecule has 0 bridgehead atoms. The van der Waals surface area contributed by atoms with E-state index < -0.39 is 0 Å². The Bertz CT molecular complexity index is 441. The van der Waals surface area contributed by atoms with Gasteiger partial charge in [-0.2, -0.15) is 5.10 Å². The second-order valence-electron chi connectivity index (χ2n) is 5.84. The highest BCUT2D eigenvalue weighted by Crippen LogP contribution is 2.24. The number of hydrogen-bond acceptors (Lipinski definition) is 3. The van der Waals surface area contributed by atoms with Crippen LogP contribution in [0.25, 0.3) is 0 Å². The Morgan fingerprint density at radius 1 is 1.43 bits per heavy atom. The van der Waals surface area contributed by atoms with E-state index in [0.717, 1.165) is 48.9 Å². The standard InChI is InChI=1S/C16H28ClN3O/c1-4-18-13(10-14-8-6-7-9-21-14)11-15-16(17)12(3)19-20(15)5-2/h13-14,18H,4-11H2,1-3H3. The van der Waals surface area contributed by atoms with Crippen molar-refractivity contribution in [3.8, 4) is 0 Å². The molecule has 0 aromatic carbocycles. The lowest BCUT2D eigenvalue weighted by molar-refractivity contribution is 0.00524. The van der Waals surface area contributed by atoms with Gasteiger partial charge in [0.05, 0.1) is 22.5 Å². The second-order valence-corrected chi connectivity index (χ2v) is 6.22. The summed E-state index contributed by atoms with van der Waals surface area (Å²) < 4.78 is 7.92. The van der Waals surface area contributed by atoms with Gasteiger partial charge in [-0.05, 0) is 46.1 Å². The van der Waals surface area contributed by atoms with Gasteiger partial charge in [0.2, 0.25) is 0 Å². The lowest BCUT2D eigenvalue weighted by Crippen LogP contribution is -2.36. The summed E-state index contributed by atoms with van der Waals surface area (Å²) in [7, 11) is 0. The first-order valence-electron chi connectivity index (χ1n) is 8.22. The zero-order valence-electron chi connectivity index (χ0n) is 13.5. The number of hydrogen-bond donors (Lipinski definition) is 1. The Morgan fingerprint density at radius 3 is 2.86 bits per heavy atom. The number of likely N-dealkylation sites (N-methyl/N-ethyl adjacent to an activating group) is 1. The molecule has 0 amide bonds. The van der Waals surface area contributed by atoms with Crippen molar-refractivity contribution < 1.29 is 4.74 Å². The zero-order valence-corrected chi connectivity index (χ0v) is 14.2. The molecule has 1 N–H and O–H groups in total. The van der Waals surface area contributed by atoms with Gasteiger partial charge in [0.1, 0.15) is 0 Å². The fourth-order valence-corrected chi connectivity index (χ4v) is 3.35. The largest absolute Gasteiger partial charge is 0.378 e. The van der Waals surface area contributed by atoms with Crippen molar-refractivity contribution in [3.05, 3.63) is 16.4 Å². The van der Waals surface area contributed by atoms with Gasteiger partial charge in [0.25, 0.3) is 0 Å². The molecule has 2 rings (SSSR count). The highest BCUT2D eigenvalue weighted by molar-refractivity contribution is 6.31. The maximum Gasteiger partial charge on any atom is 0.0847 e. The van der Waals surface area contributed by atoms with Crippen LogP contribution >= 0.6 is 11.6 Å². The number of nitrogens with one attached hydrogen (secondary N) is 1. The molecule has 1 aromatic heterocycles. The van der Waals surface area contributed by atoms with Gasteiger partial charge in [-0.3, -0.25) is 4.68 Å². The number of halogens is 1. The van der Waals surface area contributed by atoms with Crippen molar-refractivity contribution in [2.45, 2.75) is 71.6 Å². The zero-order chi connectivity index (χ0) is 15.2. The van der Waals surface area contributed by atoms with E-state index in [0.29, 0.717) is 12.1 Å². The van der Waals surface area contributed by atoms with Crippen LogP contribution in [-0.2, 0) is 17.7 Å². The molecule has 0 saturated carbocycles. The first kappa shape index (κ1) is 16.8. The summed E-state index contributed by atoms with van der Waals surface area (Å²) in [5.74, 6) is 0. The summed E-state index contributed by atoms with van der Waals surface area (Å²) in [4.78, 5) is 0. The maximum atomic E-state index is 6.44. The van der Waals surface area contributed by atoms with Crippen LogP contribution in [0.5, 0.6) is 0 Å². The minimum absolute atomic E-state index is 0.390. The average molecular weight is 314 g/mol. The Kier molecular flexibility index (Phi) is 6.52. The molecule has 0 aliphatic carbocycles. The highest BCUT2D eigenvalue weighted by Gasteiger charge is 2.22. The molecule has 4 nitrogen and oxygen atoms in total. The predicted octanol–water partition coefficient (Wildman–Crippen LogP) is 3.34. The lowest BCUT2D eigenvalue weighted by Gasteiger charge is -2.27. The third-order valence-corrected chi connectivity index (χ3v) is 4.70. The van der Waals surface area contributed by atoms with E-state index in [9.17, 15) is 0 Å². The SMILES string of the molecule is CCNC(Cc1c(Cl)c(C)nn1CC)CC1CCCCO1. The molecule has 2 unspecified atom stereocenters. The molecular formula is C16H28ClN3O. The van der Waals surface area contributed by atoms with Crippen LogP contribution in [-0.4, -0.2) is 35.1 Å². The minimum Gasteiger partial charge on any atom is -0.378 e. The third-order valence-electron chi connectivity index (χ3n) is 4.21. The van der Waals surface area contributed by atoms with Crippen LogP contribution in [0.2, 0.25) is 5.02 Å². The molecule has 5 heteroatoms. The lowest BCUT2D eigenvalue weighted by atomic mass is 9.98. The molecule has 120 valence electrons. The number of nitrogens with zero attached hydrogens (tertiary/aromatic N) is 2. The van der Waals surface area contributed by atoms with Crippen molar-refractivity contribution >= 4 is 11.6 Å². The van der Waals surface area contributed by atoms with Crippen molar-refractivity contribution in [1.29, 1.82) is 0 Å².